The molecule has 0 radical (unpaired) electrons. The van der Waals surface area contributed by atoms with Crippen molar-refractivity contribution in [2.75, 3.05) is 11.5 Å². The number of hydrogen-bond acceptors (Lipinski definition) is 4. The van der Waals surface area contributed by atoms with Crippen LogP contribution >= 0.6 is 0 Å². The van der Waals surface area contributed by atoms with E-state index in [0.29, 0.717) is 24.3 Å². The van der Waals surface area contributed by atoms with E-state index in [2.05, 4.69) is 9.47 Å². The minimum absolute atomic E-state index is 0.186. The number of ether oxygens (including phenoxy) is 2. The molecule has 0 unspecified atom stereocenters. The number of halogens is 14. The molecular weight excluding hydrogens is 650 g/mol. The summed E-state index contributed by atoms with van der Waals surface area (Å²) in [4.78, 5) is 0. The molecule has 18 heteroatoms. The second kappa shape index (κ2) is 11.2. The first kappa shape index (κ1) is 33.0. The Hall–Kier alpha value is -4.90. The van der Waals surface area contributed by atoms with Crippen LogP contribution in [0.5, 0.6) is 23.0 Å². The number of rotatable bonds is 6. The van der Waals surface area contributed by atoms with E-state index in [1.165, 1.54) is 0 Å². The van der Waals surface area contributed by atoms with Gasteiger partial charge in [0.1, 0.15) is 22.9 Å². The van der Waals surface area contributed by atoms with Crippen LogP contribution in [0.1, 0.15) is 11.1 Å². The summed E-state index contributed by atoms with van der Waals surface area (Å²) in [6.45, 7) is 0. The highest BCUT2D eigenvalue weighted by atomic mass is 19.4. The SMILES string of the molecule is Nc1c(F)c(F)c(Oc2ccc(C(c3ccc(Oc4c(F)c(F)c(N)c(F)c4F)cc3)(C(F)(F)F)C(F)(F)F)cc2)c(F)c1F. The largest absolute Gasteiger partial charge is 0.451 e. The van der Waals surface area contributed by atoms with Crippen molar-refractivity contribution < 1.29 is 70.9 Å². The Morgan fingerprint density at radius 2 is 0.644 bits per heavy atom. The van der Waals surface area contributed by atoms with Crippen molar-refractivity contribution in [1.29, 1.82) is 0 Å². The highest BCUT2D eigenvalue weighted by Gasteiger charge is 2.72. The fourth-order valence-electron chi connectivity index (χ4n) is 4.20. The molecule has 4 rings (SSSR count). The molecule has 45 heavy (non-hydrogen) atoms. The van der Waals surface area contributed by atoms with E-state index in [1.54, 1.807) is 0 Å². The van der Waals surface area contributed by atoms with E-state index >= 15 is 0 Å². The van der Waals surface area contributed by atoms with Gasteiger partial charge in [0, 0.05) is 0 Å². The van der Waals surface area contributed by atoms with E-state index < -0.39 is 110 Å². The van der Waals surface area contributed by atoms with Gasteiger partial charge in [-0.3, -0.25) is 0 Å². The van der Waals surface area contributed by atoms with Crippen LogP contribution in [-0.4, -0.2) is 12.4 Å². The van der Waals surface area contributed by atoms with Gasteiger partial charge in [-0.15, -0.1) is 0 Å². The smallest absolute Gasteiger partial charge is 0.411 e. The van der Waals surface area contributed by atoms with Crippen LogP contribution in [0, 0.1) is 46.5 Å². The van der Waals surface area contributed by atoms with E-state index in [0.717, 1.165) is 0 Å². The van der Waals surface area contributed by atoms with E-state index in [9.17, 15) is 61.5 Å². The van der Waals surface area contributed by atoms with Gasteiger partial charge >= 0.3 is 12.4 Å². The van der Waals surface area contributed by atoms with Crippen LogP contribution in [0.15, 0.2) is 48.5 Å². The molecule has 0 bridgehead atoms. The minimum Gasteiger partial charge on any atom is -0.451 e. The third kappa shape index (κ3) is 5.27. The average Bonchev–Trinajstić information content (AvgIpc) is 2.97. The van der Waals surface area contributed by atoms with Crippen molar-refractivity contribution in [1.82, 2.24) is 0 Å². The van der Waals surface area contributed by atoms with E-state index in [4.69, 9.17) is 11.5 Å². The quantitative estimate of drug-likeness (QED) is 0.123. The predicted molar refractivity (Wildman–Crippen MR) is 127 cm³/mol. The summed E-state index contributed by atoms with van der Waals surface area (Å²) >= 11 is 0. The fourth-order valence-corrected chi connectivity index (χ4v) is 4.20. The van der Waals surface area contributed by atoms with Gasteiger partial charge in [-0.05, 0) is 35.4 Å². The van der Waals surface area contributed by atoms with Gasteiger partial charge < -0.3 is 20.9 Å². The molecule has 0 aromatic heterocycles. The van der Waals surface area contributed by atoms with Gasteiger partial charge in [0.25, 0.3) is 0 Å². The van der Waals surface area contributed by atoms with E-state index in [-0.39, 0.29) is 24.3 Å². The second-order valence-corrected chi connectivity index (χ2v) is 9.00. The predicted octanol–water partition coefficient (Wildman–Crippen LogP) is 8.96. The first-order chi connectivity index (χ1) is 20.7. The molecule has 0 aliphatic carbocycles. The maximum Gasteiger partial charge on any atom is 0.411 e. The molecule has 0 saturated heterocycles. The Kier molecular flexibility index (Phi) is 8.23. The van der Waals surface area contributed by atoms with Crippen LogP contribution in [0.3, 0.4) is 0 Å². The van der Waals surface area contributed by atoms with Crippen LogP contribution in [0.2, 0.25) is 0 Å². The van der Waals surface area contributed by atoms with Crippen molar-refractivity contribution in [2.24, 2.45) is 0 Å². The minimum atomic E-state index is -6.18. The molecule has 240 valence electrons. The Labute approximate surface area is 241 Å². The summed E-state index contributed by atoms with van der Waals surface area (Å²) in [7, 11) is 0. The average molecular weight is 662 g/mol. The van der Waals surface area contributed by atoms with Gasteiger partial charge in [0.15, 0.2) is 23.3 Å². The molecule has 0 aliphatic heterocycles. The number of benzene rings is 4. The molecule has 4 aromatic carbocycles. The van der Waals surface area contributed by atoms with Gasteiger partial charge in [-0.2, -0.15) is 43.9 Å². The molecule has 4 nitrogen and oxygen atoms in total. The third-order valence-electron chi connectivity index (χ3n) is 6.38. The zero-order chi connectivity index (χ0) is 33.8. The summed E-state index contributed by atoms with van der Waals surface area (Å²) in [5.41, 5.74) is -1.39. The molecule has 0 spiro atoms. The summed E-state index contributed by atoms with van der Waals surface area (Å²) < 4.78 is 207. The molecule has 0 aliphatic rings. The molecule has 4 aromatic rings. The monoisotopic (exact) mass is 662 g/mol. The summed E-state index contributed by atoms with van der Waals surface area (Å²) in [6, 6.07) is 2.24. The summed E-state index contributed by atoms with van der Waals surface area (Å²) in [6.07, 6.45) is -12.4. The van der Waals surface area contributed by atoms with E-state index in [1.807, 2.05) is 0 Å². The maximum absolute atomic E-state index is 14.4. The van der Waals surface area contributed by atoms with Gasteiger partial charge in [0.05, 0.1) is 0 Å². The Balaban J connectivity index is 1.78. The van der Waals surface area contributed by atoms with Crippen LogP contribution in [0.4, 0.5) is 72.8 Å². The van der Waals surface area contributed by atoms with Gasteiger partial charge in [0.2, 0.25) is 40.2 Å². The van der Waals surface area contributed by atoms with Crippen LogP contribution < -0.4 is 20.9 Å². The highest BCUT2D eigenvalue weighted by molar-refractivity contribution is 5.52. The molecule has 4 N–H and O–H groups in total. The summed E-state index contributed by atoms with van der Waals surface area (Å²) in [5.74, 6) is -22.2. The number of hydrogen-bond donors (Lipinski definition) is 2. The number of nitrogens with two attached hydrogens (primary N) is 2. The standard InChI is InChI=1S/C27H12F14N2O2/c28-13-17(32)23(18(33)14(29)21(13)42)44-11-5-1-9(2-6-11)25(26(36,37)38,27(39,40)41)10-3-7-12(8-4-10)45-24-19(34)15(30)22(43)16(31)20(24)35/h1-8H,42-43H2. The zero-order valence-corrected chi connectivity index (χ0v) is 21.4. The molecular formula is C27H12F14N2O2. The molecule has 0 atom stereocenters. The Bertz CT molecular complexity index is 1580. The van der Waals surface area contributed by atoms with Crippen molar-refractivity contribution in [3.63, 3.8) is 0 Å². The second-order valence-electron chi connectivity index (χ2n) is 9.00. The van der Waals surface area contributed by atoms with Gasteiger partial charge in [-0.25, -0.2) is 17.6 Å². The number of nitrogen functional groups attached to an aromatic ring is 2. The van der Waals surface area contributed by atoms with Crippen molar-refractivity contribution >= 4 is 11.4 Å². The lowest BCUT2D eigenvalue weighted by atomic mass is 9.73. The number of alkyl halides is 6. The number of anilines is 2. The molecule has 0 heterocycles. The molecule has 0 saturated carbocycles. The van der Waals surface area contributed by atoms with Crippen molar-refractivity contribution in [3.05, 3.63) is 106 Å². The molecule has 0 amide bonds. The van der Waals surface area contributed by atoms with Crippen molar-refractivity contribution in [3.8, 4) is 23.0 Å². The van der Waals surface area contributed by atoms with Crippen LogP contribution in [0.25, 0.3) is 0 Å². The first-order valence-corrected chi connectivity index (χ1v) is 11.7. The summed E-state index contributed by atoms with van der Waals surface area (Å²) in [5, 5.41) is 0. The maximum atomic E-state index is 14.4. The molecule has 0 fully saturated rings. The third-order valence-corrected chi connectivity index (χ3v) is 6.38. The lowest BCUT2D eigenvalue weighted by Gasteiger charge is -2.38. The highest BCUT2D eigenvalue weighted by Crippen LogP contribution is 2.56. The first-order valence-electron chi connectivity index (χ1n) is 11.7. The lowest BCUT2D eigenvalue weighted by molar-refractivity contribution is -0.288. The van der Waals surface area contributed by atoms with Crippen LogP contribution in [-0.2, 0) is 5.41 Å². The Morgan fingerprint density at radius 3 is 0.867 bits per heavy atom. The lowest BCUT2D eigenvalue weighted by Crippen LogP contribution is -2.54. The van der Waals surface area contributed by atoms with Crippen molar-refractivity contribution in [2.45, 2.75) is 17.8 Å². The van der Waals surface area contributed by atoms with Gasteiger partial charge in [-0.1, -0.05) is 24.3 Å². The Morgan fingerprint density at radius 1 is 0.400 bits per heavy atom. The topological polar surface area (TPSA) is 70.5 Å². The fraction of sp³-hybridized carbons (Fsp3) is 0.111. The zero-order valence-electron chi connectivity index (χ0n) is 21.4. The normalized spacial score (nSPS) is 12.4.